The number of carbonyl (C=O) groups is 1. The van der Waals surface area contributed by atoms with Crippen molar-refractivity contribution in [3.8, 4) is 11.4 Å². The fraction of sp³-hybridized carbons (Fsp3) is 0.238. The van der Waals surface area contributed by atoms with Crippen molar-refractivity contribution in [1.29, 1.82) is 0 Å². The summed E-state index contributed by atoms with van der Waals surface area (Å²) in [5.41, 5.74) is 4.66. The van der Waals surface area contributed by atoms with Crippen LogP contribution in [-0.4, -0.2) is 31.4 Å². The van der Waals surface area contributed by atoms with Gasteiger partial charge >= 0.3 is 0 Å². The van der Waals surface area contributed by atoms with Gasteiger partial charge in [-0.05, 0) is 43.2 Å². The van der Waals surface area contributed by atoms with Crippen molar-refractivity contribution in [3.63, 3.8) is 0 Å². The van der Waals surface area contributed by atoms with E-state index in [4.69, 9.17) is 4.52 Å². The lowest BCUT2D eigenvalue weighted by Gasteiger charge is -2.11. The number of aromatic nitrogens is 4. The molecule has 1 aliphatic carbocycles. The summed E-state index contributed by atoms with van der Waals surface area (Å²) in [4.78, 5) is 21.0. The van der Waals surface area contributed by atoms with E-state index in [1.54, 1.807) is 10.6 Å². The van der Waals surface area contributed by atoms with Crippen LogP contribution >= 0.6 is 0 Å². The maximum atomic E-state index is 12.7. The number of rotatable bonds is 3. The van der Waals surface area contributed by atoms with Gasteiger partial charge < -0.3 is 9.84 Å². The van der Waals surface area contributed by atoms with Crippen molar-refractivity contribution in [2.75, 3.05) is 5.32 Å². The minimum atomic E-state index is -2.25. The van der Waals surface area contributed by atoms with E-state index in [1.165, 1.54) is 6.39 Å². The molecule has 0 spiro atoms. The Balaban J connectivity index is 0.000000383. The van der Waals surface area contributed by atoms with Crippen LogP contribution in [0, 0.1) is 13.8 Å². The van der Waals surface area contributed by atoms with Crippen molar-refractivity contribution >= 4 is 17.2 Å². The van der Waals surface area contributed by atoms with Crippen LogP contribution in [0.25, 0.3) is 17.0 Å². The Morgan fingerprint density at radius 3 is 2.60 bits per heavy atom. The number of carbonyl (C=O) groups excluding carboxylic acids is 1. The second-order valence-electron chi connectivity index (χ2n) is 7.12. The molecule has 1 N–H and O–H groups in total. The Morgan fingerprint density at radius 2 is 1.93 bits per heavy atom. The fourth-order valence-electron chi connectivity index (χ4n) is 2.90. The summed E-state index contributed by atoms with van der Waals surface area (Å²) in [5, 5.41) is 6.82. The van der Waals surface area contributed by atoms with Gasteiger partial charge in [-0.25, -0.2) is 13.8 Å². The van der Waals surface area contributed by atoms with E-state index in [2.05, 4.69) is 20.4 Å². The molecule has 1 fully saturated rings. The van der Waals surface area contributed by atoms with Gasteiger partial charge in [0.15, 0.2) is 0 Å². The van der Waals surface area contributed by atoms with E-state index in [0.29, 0.717) is 17.2 Å². The summed E-state index contributed by atoms with van der Waals surface area (Å²) in [6, 6.07) is 9.43. The van der Waals surface area contributed by atoms with Crippen molar-refractivity contribution < 1.29 is 18.1 Å². The molecule has 0 saturated heterocycles. The molecular weight excluding hydrogens is 392 g/mol. The van der Waals surface area contributed by atoms with Gasteiger partial charge in [-0.15, -0.1) is 0 Å². The highest BCUT2D eigenvalue weighted by molar-refractivity contribution is 6.04. The van der Waals surface area contributed by atoms with Gasteiger partial charge in [0.2, 0.25) is 18.1 Å². The van der Waals surface area contributed by atoms with Crippen LogP contribution in [0.3, 0.4) is 0 Å². The van der Waals surface area contributed by atoms with Crippen LogP contribution in [-0.2, 0) is 0 Å². The molecule has 0 atom stereocenters. The molecule has 3 aromatic heterocycles. The van der Waals surface area contributed by atoms with Gasteiger partial charge in [0, 0.05) is 30.3 Å². The zero-order valence-electron chi connectivity index (χ0n) is 16.4. The third-order valence-corrected chi connectivity index (χ3v) is 4.70. The molecule has 1 aromatic carbocycles. The largest absolute Gasteiger partial charge is 0.342 e. The van der Waals surface area contributed by atoms with Crippen molar-refractivity contribution in [1.82, 2.24) is 19.5 Å². The standard InChI is InChI=1S/C18H15N5O2.C3H4F2/c1-11-7-12(2)14(8-13(11)17-20-10-25-22-17)21-18(24)15-9-19-16-5-3-4-6-23(15)16;4-3(5)1-2-3/h3-10H,1-2H3,(H,21,24);1-2H2. The molecular formula is C21H19F2N5O2. The number of aryl methyl sites for hydroxylation is 2. The van der Waals surface area contributed by atoms with Crippen molar-refractivity contribution in [2.24, 2.45) is 0 Å². The number of pyridine rings is 1. The Bertz CT molecular complexity index is 1200. The van der Waals surface area contributed by atoms with E-state index in [1.807, 2.05) is 50.4 Å². The van der Waals surface area contributed by atoms with E-state index in [9.17, 15) is 13.6 Å². The molecule has 5 rings (SSSR count). The smallest absolute Gasteiger partial charge is 0.274 e. The summed E-state index contributed by atoms with van der Waals surface area (Å²) in [7, 11) is 0. The van der Waals surface area contributed by atoms with Crippen LogP contribution in [0.15, 0.2) is 53.6 Å². The minimum Gasteiger partial charge on any atom is -0.342 e. The number of anilines is 1. The molecule has 0 aliphatic heterocycles. The minimum absolute atomic E-state index is 0.118. The zero-order chi connectivity index (χ0) is 21.3. The van der Waals surface area contributed by atoms with Gasteiger partial charge in [0.25, 0.3) is 5.91 Å². The van der Waals surface area contributed by atoms with Crippen LogP contribution in [0.4, 0.5) is 14.5 Å². The first-order valence-electron chi connectivity index (χ1n) is 9.33. The Morgan fingerprint density at radius 1 is 1.17 bits per heavy atom. The van der Waals surface area contributed by atoms with E-state index in [-0.39, 0.29) is 18.7 Å². The van der Waals surface area contributed by atoms with Gasteiger partial charge in [-0.3, -0.25) is 9.20 Å². The highest BCUT2D eigenvalue weighted by Gasteiger charge is 2.43. The molecule has 1 saturated carbocycles. The average molecular weight is 411 g/mol. The second-order valence-corrected chi connectivity index (χ2v) is 7.12. The molecule has 30 heavy (non-hydrogen) atoms. The number of amides is 1. The SMILES string of the molecule is Cc1cc(C)c(-c2ncon2)cc1NC(=O)c1cnc2ccccn12.FC1(F)CC1. The lowest BCUT2D eigenvalue weighted by atomic mass is 10.0. The molecule has 0 unspecified atom stereocenters. The fourth-order valence-corrected chi connectivity index (χ4v) is 2.90. The molecule has 0 bridgehead atoms. The van der Waals surface area contributed by atoms with Crippen molar-refractivity contribution in [2.45, 2.75) is 32.6 Å². The zero-order valence-corrected chi connectivity index (χ0v) is 16.4. The second kappa shape index (κ2) is 7.66. The maximum Gasteiger partial charge on any atom is 0.274 e. The maximum absolute atomic E-state index is 12.7. The van der Waals surface area contributed by atoms with Crippen LogP contribution < -0.4 is 5.32 Å². The van der Waals surface area contributed by atoms with Gasteiger partial charge in [-0.1, -0.05) is 17.3 Å². The number of halogens is 2. The number of imidazole rings is 1. The molecule has 4 aromatic rings. The molecule has 9 heteroatoms. The number of alkyl halides is 2. The molecule has 1 amide bonds. The van der Waals surface area contributed by atoms with Crippen LogP contribution in [0.1, 0.15) is 34.5 Å². The number of hydrogen-bond acceptors (Lipinski definition) is 5. The first-order valence-corrected chi connectivity index (χ1v) is 9.33. The monoisotopic (exact) mass is 411 g/mol. The highest BCUT2D eigenvalue weighted by Crippen LogP contribution is 2.40. The number of benzene rings is 1. The van der Waals surface area contributed by atoms with Crippen LogP contribution in [0.5, 0.6) is 0 Å². The Kier molecular flexibility index (Phi) is 5.03. The van der Waals surface area contributed by atoms with Gasteiger partial charge in [-0.2, -0.15) is 4.98 Å². The average Bonchev–Trinajstić information content (AvgIpc) is 3.14. The van der Waals surface area contributed by atoms with Gasteiger partial charge in [0.05, 0.1) is 6.20 Å². The van der Waals surface area contributed by atoms with Gasteiger partial charge in [0.1, 0.15) is 11.3 Å². The van der Waals surface area contributed by atoms with E-state index < -0.39 is 5.92 Å². The van der Waals surface area contributed by atoms with E-state index >= 15 is 0 Å². The topological polar surface area (TPSA) is 85.3 Å². The number of nitrogens with zero attached hydrogens (tertiary/aromatic N) is 4. The quantitative estimate of drug-likeness (QED) is 0.530. The molecule has 154 valence electrons. The molecule has 3 heterocycles. The normalized spacial score (nSPS) is 14.1. The molecule has 1 aliphatic rings. The summed E-state index contributed by atoms with van der Waals surface area (Å²) < 4.78 is 28.8. The summed E-state index contributed by atoms with van der Waals surface area (Å²) in [6.07, 6.45) is 4.89. The predicted molar refractivity (Wildman–Crippen MR) is 107 cm³/mol. The number of fused-ring (bicyclic) bond motifs is 1. The lowest BCUT2D eigenvalue weighted by Crippen LogP contribution is -2.15. The first kappa shape index (κ1) is 19.7. The first-order chi connectivity index (χ1) is 14.3. The summed E-state index contributed by atoms with van der Waals surface area (Å²) in [5.74, 6) is -1.99. The molecule has 0 radical (unpaired) electrons. The third kappa shape index (κ3) is 4.19. The number of nitrogens with one attached hydrogen (secondary N) is 1. The third-order valence-electron chi connectivity index (χ3n) is 4.70. The Labute approximate surface area is 170 Å². The Hall–Kier alpha value is -3.62. The predicted octanol–water partition coefficient (Wildman–Crippen LogP) is 4.67. The highest BCUT2D eigenvalue weighted by atomic mass is 19.3. The lowest BCUT2D eigenvalue weighted by molar-refractivity contribution is 0.102. The summed E-state index contributed by atoms with van der Waals surface area (Å²) >= 11 is 0. The van der Waals surface area contributed by atoms with Crippen LogP contribution in [0.2, 0.25) is 0 Å². The summed E-state index contributed by atoms with van der Waals surface area (Å²) in [6.45, 7) is 3.91. The van der Waals surface area contributed by atoms with Crippen molar-refractivity contribution in [3.05, 3.63) is 65.9 Å². The number of hydrogen-bond donors (Lipinski definition) is 1. The van der Waals surface area contributed by atoms with E-state index in [0.717, 1.165) is 22.3 Å². The molecule has 7 nitrogen and oxygen atoms in total.